The van der Waals surface area contributed by atoms with Crippen LogP contribution in [0.25, 0.3) is 16.6 Å². The number of aromatic nitrogens is 2. The molecule has 1 aliphatic heterocycles. The maximum atomic E-state index is 13.3. The Balaban J connectivity index is 2.08. The van der Waals surface area contributed by atoms with Gasteiger partial charge < -0.3 is 19.1 Å². The predicted molar refractivity (Wildman–Crippen MR) is 135 cm³/mol. The van der Waals surface area contributed by atoms with Gasteiger partial charge in [-0.25, -0.2) is 14.1 Å². The summed E-state index contributed by atoms with van der Waals surface area (Å²) in [4.78, 5) is 28.5. The molecule has 1 fully saturated rings. The van der Waals surface area contributed by atoms with Crippen molar-refractivity contribution >= 4 is 23.3 Å². The van der Waals surface area contributed by atoms with Gasteiger partial charge in [0.2, 0.25) is 0 Å². The highest BCUT2D eigenvalue weighted by Crippen LogP contribution is 2.37. The zero-order chi connectivity index (χ0) is 27.4. The topological polar surface area (TPSA) is 82.4 Å². The molecule has 0 radical (unpaired) electrons. The van der Waals surface area contributed by atoms with E-state index in [1.165, 1.54) is 12.1 Å². The fourth-order valence-corrected chi connectivity index (χ4v) is 4.60. The van der Waals surface area contributed by atoms with Crippen molar-refractivity contribution in [3.8, 4) is 11.1 Å². The minimum atomic E-state index is -4.50. The number of hydrogen-bond donors (Lipinski definition) is 0. The van der Waals surface area contributed by atoms with E-state index in [1.807, 2.05) is 11.8 Å². The summed E-state index contributed by atoms with van der Waals surface area (Å²) in [5.41, 5.74) is 0.905. The van der Waals surface area contributed by atoms with Gasteiger partial charge in [-0.3, -0.25) is 0 Å². The average molecular weight is 534 g/mol. The van der Waals surface area contributed by atoms with Crippen molar-refractivity contribution in [2.45, 2.75) is 39.8 Å². The summed E-state index contributed by atoms with van der Waals surface area (Å²) < 4.78 is 57.6. The summed E-state index contributed by atoms with van der Waals surface area (Å²) in [6, 6.07) is 6.43. The lowest BCUT2D eigenvalue weighted by molar-refractivity contribution is -0.137. The van der Waals surface area contributed by atoms with Crippen molar-refractivity contribution in [1.82, 2.24) is 9.61 Å². The smallest absolute Gasteiger partial charge is 0.416 e. The lowest BCUT2D eigenvalue weighted by Crippen LogP contribution is -2.37. The third-order valence-electron chi connectivity index (χ3n) is 6.28. The number of nitrogens with zero attached hydrogens (tertiary/aromatic N) is 3. The first-order valence-corrected chi connectivity index (χ1v) is 12.6. The van der Waals surface area contributed by atoms with Crippen LogP contribution in [0.5, 0.6) is 0 Å². The standard InChI is InChI=1S/C27H30F3N3O5/c1-4-7-20-22(25(34)37-5-2)23(26(35)38-6-3)24-19(17-8-10-18(11-9-17)27(28,29)30)16-21(31-33(20)24)32-12-14-36-15-13-32/h8-11,16H,4-7,12-15H2,1-3H3. The fraction of sp³-hybridized carbons (Fsp3) is 0.444. The van der Waals surface area contributed by atoms with Crippen molar-refractivity contribution in [2.24, 2.45) is 0 Å². The minimum Gasteiger partial charge on any atom is -0.462 e. The number of morpholine rings is 1. The van der Waals surface area contributed by atoms with Crippen LogP contribution in [0.4, 0.5) is 19.0 Å². The summed E-state index contributed by atoms with van der Waals surface area (Å²) in [7, 11) is 0. The molecule has 4 rings (SSSR count). The van der Waals surface area contributed by atoms with Gasteiger partial charge in [-0.2, -0.15) is 13.2 Å². The van der Waals surface area contributed by atoms with Crippen LogP contribution >= 0.6 is 0 Å². The number of benzene rings is 1. The number of carbonyl (C=O) groups excluding carboxylic acids is 2. The van der Waals surface area contributed by atoms with Crippen LogP contribution < -0.4 is 4.90 Å². The molecule has 1 aromatic carbocycles. The molecule has 0 spiro atoms. The van der Waals surface area contributed by atoms with E-state index in [1.54, 1.807) is 24.4 Å². The molecular weight excluding hydrogens is 503 g/mol. The zero-order valence-corrected chi connectivity index (χ0v) is 21.6. The molecule has 3 aromatic rings. The van der Waals surface area contributed by atoms with Crippen molar-refractivity contribution in [2.75, 3.05) is 44.4 Å². The minimum absolute atomic E-state index is 0.00956. The molecule has 0 unspecified atom stereocenters. The summed E-state index contributed by atoms with van der Waals surface area (Å²) in [6.45, 7) is 7.51. The second-order valence-electron chi connectivity index (χ2n) is 8.74. The van der Waals surface area contributed by atoms with E-state index in [9.17, 15) is 22.8 Å². The van der Waals surface area contributed by atoms with Gasteiger partial charge in [0, 0.05) is 18.7 Å². The van der Waals surface area contributed by atoms with Crippen LogP contribution in [0.15, 0.2) is 30.3 Å². The van der Waals surface area contributed by atoms with Crippen LogP contribution in [0.1, 0.15) is 59.2 Å². The number of alkyl halides is 3. The first kappa shape index (κ1) is 27.4. The van der Waals surface area contributed by atoms with Crippen LogP contribution in [0.3, 0.4) is 0 Å². The molecule has 38 heavy (non-hydrogen) atoms. The number of halogens is 3. The van der Waals surface area contributed by atoms with Crippen molar-refractivity contribution < 1.29 is 37.0 Å². The van der Waals surface area contributed by atoms with E-state index < -0.39 is 23.7 Å². The second kappa shape index (κ2) is 11.4. The number of fused-ring (bicyclic) bond motifs is 1. The average Bonchev–Trinajstić information content (AvgIpc) is 3.23. The number of aryl methyl sites for hydroxylation is 1. The highest BCUT2D eigenvalue weighted by Gasteiger charge is 2.34. The van der Waals surface area contributed by atoms with Crippen molar-refractivity contribution in [1.29, 1.82) is 0 Å². The van der Waals surface area contributed by atoms with Gasteiger partial charge in [-0.1, -0.05) is 25.5 Å². The summed E-state index contributed by atoms with van der Waals surface area (Å²) >= 11 is 0. The highest BCUT2D eigenvalue weighted by molar-refractivity contribution is 6.12. The van der Waals surface area contributed by atoms with E-state index in [4.69, 9.17) is 19.3 Å². The molecule has 1 saturated heterocycles. The van der Waals surface area contributed by atoms with Gasteiger partial charge >= 0.3 is 18.1 Å². The molecule has 0 atom stereocenters. The predicted octanol–water partition coefficient (Wildman–Crippen LogP) is 5.16. The molecule has 1 aliphatic rings. The number of anilines is 1. The molecule has 3 heterocycles. The van der Waals surface area contributed by atoms with E-state index in [0.717, 1.165) is 12.1 Å². The molecule has 0 bridgehead atoms. The number of ether oxygens (including phenoxy) is 3. The zero-order valence-electron chi connectivity index (χ0n) is 21.6. The second-order valence-corrected chi connectivity index (χ2v) is 8.74. The lowest BCUT2D eigenvalue weighted by Gasteiger charge is -2.28. The molecule has 0 aliphatic carbocycles. The van der Waals surface area contributed by atoms with Gasteiger partial charge in [0.05, 0.1) is 48.8 Å². The maximum Gasteiger partial charge on any atom is 0.416 e. The van der Waals surface area contributed by atoms with E-state index in [0.29, 0.717) is 61.8 Å². The van der Waals surface area contributed by atoms with Crippen LogP contribution in [0.2, 0.25) is 0 Å². The quantitative estimate of drug-likeness (QED) is 0.370. The van der Waals surface area contributed by atoms with E-state index in [2.05, 4.69) is 0 Å². The Morgan fingerprint density at radius 3 is 2.13 bits per heavy atom. The Kier molecular flexibility index (Phi) is 8.25. The fourth-order valence-electron chi connectivity index (χ4n) is 4.60. The number of esters is 2. The molecule has 11 heteroatoms. The molecule has 2 aromatic heterocycles. The Labute approximate surface area is 218 Å². The SMILES string of the molecule is CCCc1c(C(=O)OCC)c(C(=O)OCC)c2c(-c3ccc(C(F)(F)F)cc3)cc(N3CCOCC3)nn12. The summed E-state index contributed by atoms with van der Waals surface area (Å²) in [5.74, 6) is -0.867. The monoisotopic (exact) mass is 533 g/mol. The number of carbonyl (C=O) groups is 2. The van der Waals surface area contributed by atoms with Gasteiger partial charge in [0.25, 0.3) is 0 Å². The van der Waals surface area contributed by atoms with Crippen LogP contribution in [-0.4, -0.2) is 61.1 Å². The van der Waals surface area contributed by atoms with E-state index in [-0.39, 0.29) is 29.9 Å². The molecular formula is C27H30F3N3O5. The Morgan fingerprint density at radius 2 is 1.58 bits per heavy atom. The largest absolute Gasteiger partial charge is 0.462 e. The summed E-state index contributed by atoms with van der Waals surface area (Å²) in [6.07, 6.45) is -3.46. The van der Waals surface area contributed by atoms with Crippen LogP contribution in [0, 0.1) is 0 Å². The van der Waals surface area contributed by atoms with Gasteiger partial charge in [0.1, 0.15) is 11.4 Å². The Bertz CT molecular complexity index is 1310. The number of hydrogen-bond acceptors (Lipinski definition) is 7. The maximum absolute atomic E-state index is 13.3. The molecule has 0 saturated carbocycles. The van der Waals surface area contributed by atoms with Crippen LogP contribution in [-0.2, 0) is 26.8 Å². The first-order valence-electron chi connectivity index (χ1n) is 12.6. The summed E-state index contributed by atoms with van der Waals surface area (Å²) in [5, 5.41) is 4.82. The van der Waals surface area contributed by atoms with Gasteiger partial charge in [-0.05, 0) is 44.0 Å². The highest BCUT2D eigenvalue weighted by atomic mass is 19.4. The van der Waals surface area contributed by atoms with E-state index >= 15 is 0 Å². The molecule has 0 N–H and O–H groups in total. The molecule has 8 nitrogen and oxygen atoms in total. The normalized spacial score (nSPS) is 14.1. The third-order valence-corrected chi connectivity index (χ3v) is 6.28. The Morgan fingerprint density at radius 1 is 0.974 bits per heavy atom. The van der Waals surface area contributed by atoms with Crippen molar-refractivity contribution in [3.63, 3.8) is 0 Å². The Hall–Kier alpha value is -3.60. The third kappa shape index (κ3) is 5.33. The molecule has 0 amide bonds. The molecule has 204 valence electrons. The first-order chi connectivity index (χ1) is 18.2. The number of rotatable bonds is 8. The van der Waals surface area contributed by atoms with Crippen molar-refractivity contribution in [3.05, 3.63) is 52.7 Å². The van der Waals surface area contributed by atoms with Gasteiger partial charge in [-0.15, -0.1) is 5.10 Å². The lowest BCUT2D eigenvalue weighted by atomic mass is 10.00. The van der Waals surface area contributed by atoms with Gasteiger partial charge in [0.15, 0.2) is 0 Å².